The van der Waals surface area contributed by atoms with Crippen molar-refractivity contribution in [3.8, 4) is 0 Å². The van der Waals surface area contributed by atoms with Gasteiger partial charge in [0.1, 0.15) is 0 Å². The first kappa shape index (κ1) is 15.8. The van der Waals surface area contributed by atoms with E-state index in [1.54, 1.807) is 19.2 Å². The second-order valence-electron chi connectivity index (χ2n) is 4.78. The lowest BCUT2D eigenvalue weighted by Gasteiger charge is -2.23. The van der Waals surface area contributed by atoms with Crippen molar-refractivity contribution >= 4 is 23.2 Å². The molecule has 106 valence electrons. The van der Waals surface area contributed by atoms with Crippen LogP contribution < -0.4 is 10.6 Å². The van der Waals surface area contributed by atoms with Crippen LogP contribution in [-0.4, -0.2) is 19.0 Å². The van der Waals surface area contributed by atoms with Crippen LogP contribution in [0.2, 0.25) is 5.02 Å². The standard InChI is InChI=1S/C15H23ClN2O/c1-5-11(6-2)10(3)18-15(19)13-9-12(16)7-8-14(13)17-4/h7-11,17H,5-6H2,1-4H3,(H,18,19). The van der Waals surface area contributed by atoms with Crippen molar-refractivity contribution in [3.63, 3.8) is 0 Å². The molecular formula is C15H23ClN2O. The van der Waals surface area contributed by atoms with Gasteiger partial charge in [0.2, 0.25) is 0 Å². The third-order valence-corrected chi connectivity index (χ3v) is 3.85. The monoisotopic (exact) mass is 282 g/mol. The number of benzene rings is 1. The molecule has 0 spiro atoms. The van der Waals surface area contributed by atoms with E-state index in [1.807, 2.05) is 6.07 Å². The summed E-state index contributed by atoms with van der Waals surface area (Å²) in [7, 11) is 1.80. The molecule has 0 aliphatic carbocycles. The summed E-state index contributed by atoms with van der Waals surface area (Å²) in [5.41, 5.74) is 1.38. The highest BCUT2D eigenvalue weighted by molar-refractivity contribution is 6.31. The summed E-state index contributed by atoms with van der Waals surface area (Å²) >= 11 is 5.96. The van der Waals surface area contributed by atoms with Gasteiger partial charge in [-0.15, -0.1) is 0 Å². The first-order valence-corrected chi connectivity index (χ1v) is 7.19. The second kappa shape index (κ2) is 7.39. The lowest BCUT2D eigenvalue weighted by molar-refractivity contribution is 0.0926. The number of hydrogen-bond donors (Lipinski definition) is 2. The molecule has 1 aromatic rings. The minimum Gasteiger partial charge on any atom is -0.387 e. The van der Waals surface area contributed by atoms with E-state index in [4.69, 9.17) is 11.6 Å². The zero-order valence-corrected chi connectivity index (χ0v) is 12.8. The van der Waals surface area contributed by atoms with Crippen molar-refractivity contribution in [2.75, 3.05) is 12.4 Å². The Morgan fingerprint density at radius 1 is 1.32 bits per heavy atom. The summed E-state index contributed by atoms with van der Waals surface area (Å²) in [6.45, 7) is 6.35. The molecule has 0 aliphatic heterocycles. The number of anilines is 1. The Hall–Kier alpha value is -1.22. The summed E-state index contributed by atoms with van der Waals surface area (Å²) in [6, 6.07) is 5.45. The van der Waals surface area contributed by atoms with E-state index in [0.29, 0.717) is 16.5 Å². The molecule has 19 heavy (non-hydrogen) atoms. The molecule has 0 aromatic heterocycles. The van der Waals surface area contributed by atoms with E-state index in [0.717, 1.165) is 18.5 Å². The van der Waals surface area contributed by atoms with Crippen molar-refractivity contribution in [2.24, 2.45) is 5.92 Å². The minimum absolute atomic E-state index is 0.0775. The second-order valence-corrected chi connectivity index (χ2v) is 5.22. The molecule has 0 bridgehead atoms. The predicted molar refractivity (Wildman–Crippen MR) is 82.0 cm³/mol. The summed E-state index contributed by atoms with van der Waals surface area (Å²) < 4.78 is 0. The smallest absolute Gasteiger partial charge is 0.253 e. The quantitative estimate of drug-likeness (QED) is 0.830. The normalized spacial score (nSPS) is 12.3. The molecule has 1 rings (SSSR count). The average Bonchev–Trinajstić information content (AvgIpc) is 2.40. The highest BCUT2D eigenvalue weighted by atomic mass is 35.5. The van der Waals surface area contributed by atoms with E-state index >= 15 is 0 Å². The van der Waals surface area contributed by atoms with Gasteiger partial charge in [-0.1, -0.05) is 38.3 Å². The van der Waals surface area contributed by atoms with Gasteiger partial charge in [0.15, 0.2) is 0 Å². The molecule has 4 heteroatoms. The van der Waals surface area contributed by atoms with Gasteiger partial charge in [-0.3, -0.25) is 4.79 Å². The zero-order valence-electron chi connectivity index (χ0n) is 12.1. The van der Waals surface area contributed by atoms with Gasteiger partial charge < -0.3 is 10.6 Å². The summed E-state index contributed by atoms with van der Waals surface area (Å²) in [5.74, 6) is 0.424. The summed E-state index contributed by atoms with van der Waals surface area (Å²) in [6.07, 6.45) is 2.12. The molecule has 2 N–H and O–H groups in total. The number of rotatable bonds is 6. The van der Waals surface area contributed by atoms with Crippen molar-refractivity contribution in [1.82, 2.24) is 5.32 Å². The van der Waals surface area contributed by atoms with Crippen LogP contribution in [0.15, 0.2) is 18.2 Å². The van der Waals surface area contributed by atoms with Crippen LogP contribution in [0.25, 0.3) is 0 Å². The predicted octanol–water partition coefficient (Wildman–Crippen LogP) is 3.94. The minimum atomic E-state index is -0.0775. The molecule has 1 amide bonds. The third kappa shape index (κ3) is 4.13. The van der Waals surface area contributed by atoms with Gasteiger partial charge in [-0.2, -0.15) is 0 Å². The molecule has 1 unspecified atom stereocenters. The van der Waals surface area contributed by atoms with Gasteiger partial charge in [0, 0.05) is 23.8 Å². The molecule has 0 saturated carbocycles. The zero-order chi connectivity index (χ0) is 14.4. The molecule has 0 saturated heterocycles. The average molecular weight is 283 g/mol. The Bertz CT molecular complexity index is 430. The lowest BCUT2D eigenvalue weighted by atomic mass is 9.95. The van der Waals surface area contributed by atoms with Crippen LogP contribution in [0, 0.1) is 5.92 Å². The van der Waals surface area contributed by atoms with Crippen molar-refractivity contribution in [3.05, 3.63) is 28.8 Å². The topological polar surface area (TPSA) is 41.1 Å². The fourth-order valence-electron chi connectivity index (χ4n) is 2.32. The van der Waals surface area contributed by atoms with Gasteiger partial charge in [0.05, 0.1) is 5.56 Å². The van der Waals surface area contributed by atoms with Crippen molar-refractivity contribution in [1.29, 1.82) is 0 Å². The Morgan fingerprint density at radius 3 is 2.47 bits per heavy atom. The molecule has 3 nitrogen and oxygen atoms in total. The maximum Gasteiger partial charge on any atom is 0.253 e. The molecule has 0 radical (unpaired) electrons. The SMILES string of the molecule is CCC(CC)C(C)NC(=O)c1cc(Cl)ccc1NC. The fourth-order valence-corrected chi connectivity index (χ4v) is 2.49. The Kier molecular flexibility index (Phi) is 6.16. The maximum absolute atomic E-state index is 12.3. The van der Waals surface area contributed by atoms with E-state index < -0.39 is 0 Å². The van der Waals surface area contributed by atoms with Crippen LogP contribution in [0.1, 0.15) is 44.0 Å². The number of amides is 1. The van der Waals surface area contributed by atoms with Crippen LogP contribution in [-0.2, 0) is 0 Å². The fraction of sp³-hybridized carbons (Fsp3) is 0.533. The lowest BCUT2D eigenvalue weighted by Crippen LogP contribution is -2.38. The highest BCUT2D eigenvalue weighted by Gasteiger charge is 2.18. The highest BCUT2D eigenvalue weighted by Crippen LogP contribution is 2.21. The number of carbonyl (C=O) groups is 1. The van der Waals surface area contributed by atoms with Crippen LogP contribution in [0.4, 0.5) is 5.69 Å². The van der Waals surface area contributed by atoms with Crippen LogP contribution in [0.5, 0.6) is 0 Å². The summed E-state index contributed by atoms with van der Waals surface area (Å²) in [5, 5.41) is 6.65. The van der Waals surface area contributed by atoms with Gasteiger partial charge in [-0.05, 0) is 31.0 Å². The Balaban J connectivity index is 2.86. The van der Waals surface area contributed by atoms with Crippen LogP contribution in [0.3, 0.4) is 0 Å². The molecule has 1 aromatic carbocycles. The number of nitrogens with one attached hydrogen (secondary N) is 2. The Labute approximate surface area is 120 Å². The van der Waals surface area contributed by atoms with Gasteiger partial charge in [0.25, 0.3) is 5.91 Å². The molecule has 1 atom stereocenters. The number of carbonyl (C=O) groups excluding carboxylic acids is 1. The molecule has 0 aliphatic rings. The van der Waals surface area contributed by atoms with Crippen LogP contribution >= 0.6 is 11.6 Å². The van der Waals surface area contributed by atoms with E-state index in [9.17, 15) is 4.79 Å². The molecular weight excluding hydrogens is 260 g/mol. The first-order valence-electron chi connectivity index (χ1n) is 6.81. The van der Waals surface area contributed by atoms with E-state index in [-0.39, 0.29) is 11.9 Å². The van der Waals surface area contributed by atoms with Crippen molar-refractivity contribution < 1.29 is 4.79 Å². The number of hydrogen-bond acceptors (Lipinski definition) is 2. The first-order chi connectivity index (χ1) is 9.03. The van der Waals surface area contributed by atoms with E-state index in [1.165, 1.54) is 0 Å². The third-order valence-electron chi connectivity index (χ3n) is 3.61. The molecule has 0 fully saturated rings. The largest absolute Gasteiger partial charge is 0.387 e. The van der Waals surface area contributed by atoms with Crippen molar-refractivity contribution in [2.45, 2.75) is 39.7 Å². The number of halogens is 1. The van der Waals surface area contributed by atoms with Gasteiger partial charge >= 0.3 is 0 Å². The summed E-state index contributed by atoms with van der Waals surface area (Å²) in [4.78, 5) is 12.3. The molecule has 0 heterocycles. The maximum atomic E-state index is 12.3. The van der Waals surface area contributed by atoms with E-state index in [2.05, 4.69) is 31.4 Å². The van der Waals surface area contributed by atoms with Gasteiger partial charge in [-0.25, -0.2) is 0 Å². The Morgan fingerprint density at radius 2 is 1.95 bits per heavy atom.